The molecular weight excluding hydrogens is 1330 g/mol. The maximum atomic E-state index is 16.4. The highest BCUT2D eigenvalue weighted by Crippen LogP contribution is 2.56. The largest absolute Gasteiger partial charge is 0.530 e. The number of nitriles is 1. The fourth-order valence-electron chi connectivity index (χ4n) is 12.2. The molecule has 0 radical (unpaired) electrons. The van der Waals surface area contributed by atoms with E-state index in [1.54, 1.807) is 39.3 Å². The van der Waals surface area contributed by atoms with Crippen molar-refractivity contribution >= 4 is 56.0 Å². The zero-order valence-corrected chi connectivity index (χ0v) is 61.9. The molecule has 0 aliphatic carbocycles. The quantitative estimate of drug-likeness (QED) is 0.0196. The van der Waals surface area contributed by atoms with E-state index >= 15 is 23.7 Å². The zero-order valence-electron chi connectivity index (χ0n) is 57.3. The van der Waals surface area contributed by atoms with Crippen LogP contribution in [0.5, 0.6) is 17.2 Å². The van der Waals surface area contributed by atoms with E-state index in [9.17, 15) is 5.26 Å². The normalized spacial score (nSPS) is 23.8. The number of hydrogen-bond donors (Lipinski definition) is 0. The van der Waals surface area contributed by atoms with Gasteiger partial charge in [-0.2, -0.15) is 5.26 Å². The number of phosphoric acid groups is 1. The maximum Gasteiger partial charge on any atom is 0.530 e. The molecule has 9 atom stereocenters. The van der Waals surface area contributed by atoms with Crippen LogP contribution >= 0.6 is 27.9 Å². The van der Waals surface area contributed by atoms with Gasteiger partial charge in [0.1, 0.15) is 67.1 Å². The van der Waals surface area contributed by atoms with Crippen molar-refractivity contribution in [2.75, 3.05) is 60.5 Å². The van der Waals surface area contributed by atoms with Gasteiger partial charge >= 0.3 is 19.5 Å². The minimum absolute atomic E-state index is 0.0288. The van der Waals surface area contributed by atoms with Crippen molar-refractivity contribution in [2.45, 2.75) is 173 Å². The molecule has 1 aromatic heterocycles. The molecule has 522 valence electrons. The van der Waals surface area contributed by atoms with E-state index in [-0.39, 0.29) is 87.1 Å². The van der Waals surface area contributed by atoms with Gasteiger partial charge in [-0.05, 0) is 106 Å². The Morgan fingerprint density at radius 2 is 1.36 bits per heavy atom. The summed E-state index contributed by atoms with van der Waals surface area (Å²) in [6, 6.07) is 33.5. The lowest BCUT2D eigenvalue weighted by Crippen LogP contribution is -2.64. The van der Waals surface area contributed by atoms with Gasteiger partial charge in [-0.1, -0.05) is 118 Å². The van der Waals surface area contributed by atoms with Crippen molar-refractivity contribution in [3.63, 3.8) is 0 Å². The molecule has 4 aliphatic rings. The van der Waals surface area contributed by atoms with Gasteiger partial charge in [0.2, 0.25) is 5.91 Å². The van der Waals surface area contributed by atoms with Crippen molar-refractivity contribution in [3.8, 4) is 23.3 Å². The summed E-state index contributed by atoms with van der Waals surface area (Å²) in [6.45, 7) is 21.3. The van der Waals surface area contributed by atoms with E-state index in [4.69, 9.17) is 67.4 Å². The first-order valence-corrected chi connectivity index (χ1v) is 43.0. The molecule has 0 spiro atoms. The Morgan fingerprint density at radius 3 is 1.95 bits per heavy atom. The van der Waals surface area contributed by atoms with Gasteiger partial charge in [-0.3, -0.25) is 28.1 Å². The SMILES string of the molecule is COc1ccc(C(OC[C@H]2O[C@@H]3C[C@@H]2OP(=O)(Oc2ccccc2Cl)OC[C@H]2O[C@H](C[C@@H]2OP(OCCC#N)N(C(C)C)C(C)C)n2cc(c(=O)n(COCC[Si](C)(C)C)c2=O)C[C@]2(C)CN3C(=O)N(COCC[Si](C)(C)C)C2=O)(c2ccccc2)c2ccc(OC)cc2)cc1. The van der Waals surface area contributed by atoms with Crippen LogP contribution in [-0.4, -0.2) is 155 Å². The number of aromatic nitrogens is 2. The number of urea groups is 1. The molecule has 4 aliphatic heterocycles. The summed E-state index contributed by atoms with van der Waals surface area (Å²) in [5.41, 5.74) is -2.40. The van der Waals surface area contributed by atoms with Crippen molar-refractivity contribution in [3.05, 3.63) is 157 Å². The molecule has 5 heterocycles. The van der Waals surface area contributed by atoms with Crippen molar-refractivity contribution in [1.82, 2.24) is 23.6 Å². The number of amides is 3. The molecule has 0 N–H and O–H groups in total. The van der Waals surface area contributed by atoms with Crippen LogP contribution in [0.2, 0.25) is 56.4 Å². The second-order valence-electron chi connectivity index (χ2n) is 27.8. The molecule has 3 saturated heterocycles. The number of methoxy groups -OCH3 is 2. The Labute approximate surface area is 571 Å². The number of imide groups is 1. The molecular formula is C68H93ClN6O17P2Si2. The average Bonchev–Trinajstić information content (AvgIpc) is 1.06. The highest BCUT2D eigenvalue weighted by molar-refractivity contribution is 7.49. The van der Waals surface area contributed by atoms with Crippen molar-refractivity contribution in [2.24, 2.45) is 5.41 Å². The zero-order chi connectivity index (χ0) is 69.3. The molecule has 0 saturated carbocycles. The predicted octanol–water partition coefficient (Wildman–Crippen LogP) is 12.8. The number of para-hydroxylation sites is 1. The Bertz CT molecular complexity index is 3610. The molecule has 2 unspecified atom stereocenters. The van der Waals surface area contributed by atoms with Gasteiger partial charge < -0.3 is 46.7 Å². The van der Waals surface area contributed by atoms with Gasteiger partial charge in [0.05, 0.1) is 63.1 Å². The van der Waals surface area contributed by atoms with E-state index in [1.807, 2.05) is 111 Å². The first-order chi connectivity index (χ1) is 45.6. The predicted molar refractivity (Wildman–Crippen MR) is 369 cm³/mol. The summed E-state index contributed by atoms with van der Waals surface area (Å²) in [5.74, 6) is 0.501. The maximum absolute atomic E-state index is 16.4. The number of nitrogens with zero attached hydrogens (tertiary/aromatic N) is 6. The summed E-state index contributed by atoms with van der Waals surface area (Å²) in [5, 5.41) is 9.74. The van der Waals surface area contributed by atoms with Crippen LogP contribution in [0.1, 0.15) is 82.4 Å². The van der Waals surface area contributed by atoms with Gasteiger partial charge in [0, 0.05) is 72.6 Å². The third-order valence-electron chi connectivity index (χ3n) is 17.3. The average molecular weight is 1420 g/mol. The van der Waals surface area contributed by atoms with Crippen LogP contribution in [0, 0.1) is 16.7 Å². The number of benzene rings is 4. The first kappa shape index (κ1) is 74.6. The summed E-state index contributed by atoms with van der Waals surface area (Å²) in [6.07, 6.45) is -6.28. The molecule has 23 nitrogen and oxygen atoms in total. The number of phosphoric ester groups is 1. The minimum Gasteiger partial charge on any atom is -0.497 e. The van der Waals surface area contributed by atoms with Crippen LogP contribution in [0.15, 0.2) is 119 Å². The van der Waals surface area contributed by atoms with E-state index in [1.165, 1.54) is 21.7 Å². The lowest BCUT2D eigenvalue weighted by atomic mass is 9.80. The smallest absolute Gasteiger partial charge is 0.497 e. The number of ether oxygens (including phenoxy) is 7. The third kappa shape index (κ3) is 17.9. The fourth-order valence-corrected chi connectivity index (χ4v) is 17.1. The molecule has 9 rings (SSSR count). The second kappa shape index (κ2) is 32.1. The molecule has 8 bridgehead atoms. The van der Waals surface area contributed by atoms with Crippen LogP contribution in [0.3, 0.4) is 0 Å². The number of rotatable bonds is 28. The lowest BCUT2D eigenvalue weighted by Gasteiger charge is -2.45. The van der Waals surface area contributed by atoms with E-state index < -0.39 is 124 Å². The molecule has 28 heteroatoms. The fraction of sp³-hybridized carbons (Fsp3) is 0.544. The van der Waals surface area contributed by atoms with Crippen LogP contribution in [0.25, 0.3) is 0 Å². The van der Waals surface area contributed by atoms with E-state index in [0.29, 0.717) is 28.2 Å². The number of halogens is 1. The number of fused-ring (bicyclic) bond motifs is 10. The Balaban J connectivity index is 1.23. The number of carbonyl (C=O) groups excluding carboxylic acids is 2. The molecule has 3 fully saturated rings. The van der Waals surface area contributed by atoms with Gasteiger partial charge in [0.25, 0.3) is 14.1 Å². The Hall–Kier alpha value is -5.63. The highest BCUT2D eigenvalue weighted by Gasteiger charge is 2.55. The monoisotopic (exact) mass is 1420 g/mol. The number of hydrogen-bond acceptors (Lipinski definition) is 19. The van der Waals surface area contributed by atoms with Crippen molar-refractivity contribution < 1.29 is 69.9 Å². The standard InChI is InChI=1S/C68H93ClN6O17P2Si2/c1-47(2)75(48(3)4)93(86-33-19-32-70)90-57-38-61-71-41-49(63(76)73(65(71)78)45-83-34-36-95(8,9)10)40-67(5)44-72(66(79)74(64(67)77)46-84-35-37-96(11,12)13)62-39-58(92-94(80,87-43-60(57)89-61)91-56-23-18-17-22-55(56)69)59(88-62)42-85-68(50-20-15-14-16-21-50,51-24-28-53(81-6)29-25-51)52-26-30-54(82-7)31-27-52/h14-18,20-31,41,47-48,57-62H,19,33-40,42-46H2,1-13H3/t57-,58-,59+,60+,61+,62+,67+,93?,94?/m0/s1. The molecule has 5 aromatic rings. The highest BCUT2D eigenvalue weighted by atomic mass is 35.5. The molecule has 4 aromatic carbocycles. The van der Waals surface area contributed by atoms with Gasteiger partial charge in [0.15, 0.2) is 0 Å². The summed E-state index contributed by atoms with van der Waals surface area (Å²) in [7, 11) is -7.22. The van der Waals surface area contributed by atoms with E-state index in [0.717, 1.165) is 21.6 Å². The Morgan fingerprint density at radius 1 is 0.771 bits per heavy atom. The summed E-state index contributed by atoms with van der Waals surface area (Å²) < 4.78 is 99.2. The number of carbonyl (C=O) groups is 2. The van der Waals surface area contributed by atoms with E-state index in [2.05, 4.69) is 45.4 Å². The third-order valence-corrected chi connectivity index (χ3v) is 24.6. The van der Waals surface area contributed by atoms with Crippen LogP contribution < -0.4 is 25.2 Å². The van der Waals surface area contributed by atoms with Gasteiger partial charge in [-0.25, -0.2) is 28.3 Å². The van der Waals surface area contributed by atoms with Crippen LogP contribution in [0.4, 0.5) is 4.79 Å². The lowest BCUT2D eigenvalue weighted by molar-refractivity contribution is -0.156. The summed E-state index contributed by atoms with van der Waals surface area (Å²) >= 11 is 6.83. The molecule has 96 heavy (non-hydrogen) atoms. The van der Waals surface area contributed by atoms with Gasteiger partial charge in [-0.15, -0.1) is 0 Å². The van der Waals surface area contributed by atoms with Crippen LogP contribution in [-0.2, 0) is 69.9 Å². The van der Waals surface area contributed by atoms with Crippen molar-refractivity contribution in [1.29, 1.82) is 5.26 Å². The topological polar surface area (TPSA) is 239 Å². The summed E-state index contributed by atoms with van der Waals surface area (Å²) in [4.78, 5) is 63.8. The Kier molecular flexibility index (Phi) is 25.0. The minimum atomic E-state index is -5.06. The second-order valence-corrected chi connectivity index (χ2v) is 42.4. The first-order valence-electron chi connectivity index (χ1n) is 32.6. The molecule has 3 amide bonds.